The Kier molecular flexibility index (Phi) is 7.62. The van der Waals surface area contributed by atoms with Crippen LogP contribution in [0.15, 0.2) is 0 Å². The van der Waals surface area contributed by atoms with E-state index in [0.29, 0.717) is 25.6 Å². The zero-order chi connectivity index (χ0) is 11.7. The molecule has 0 saturated carbocycles. The van der Waals surface area contributed by atoms with Crippen molar-refractivity contribution >= 4 is 11.8 Å². The molecule has 5 heteroatoms. The van der Waals surface area contributed by atoms with E-state index < -0.39 is 11.8 Å². The van der Waals surface area contributed by atoms with Crippen LogP contribution in [-0.4, -0.2) is 38.6 Å². The number of methoxy groups -OCH3 is 1. The van der Waals surface area contributed by atoms with Gasteiger partial charge >= 0.3 is 11.8 Å². The van der Waals surface area contributed by atoms with Gasteiger partial charge in [-0.3, -0.25) is 9.59 Å². The lowest BCUT2D eigenvalue weighted by Gasteiger charge is -2.07. The Bertz CT molecular complexity index is 205. The smallest absolute Gasteiger partial charge is 0.309 e. The van der Waals surface area contributed by atoms with Gasteiger partial charge < -0.3 is 15.4 Å². The normalized spacial score (nSPS) is 10.1. The average molecular weight is 216 g/mol. The molecule has 0 bridgehead atoms. The molecular weight excluding hydrogens is 196 g/mol. The molecule has 0 aliphatic heterocycles. The Labute approximate surface area is 90.6 Å². The van der Waals surface area contributed by atoms with Crippen LogP contribution >= 0.6 is 0 Å². The van der Waals surface area contributed by atoms with Crippen molar-refractivity contribution in [1.29, 1.82) is 0 Å². The number of nitrogens with one attached hydrogen (secondary N) is 2. The SMILES string of the molecule is COCCNC(=O)C(=O)NCCC(C)C. The van der Waals surface area contributed by atoms with E-state index >= 15 is 0 Å². The van der Waals surface area contributed by atoms with E-state index in [0.717, 1.165) is 6.42 Å². The summed E-state index contributed by atoms with van der Waals surface area (Å²) in [7, 11) is 1.54. The fourth-order valence-corrected chi connectivity index (χ4v) is 0.902. The highest BCUT2D eigenvalue weighted by Crippen LogP contribution is 1.95. The van der Waals surface area contributed by atoms with Crippen molar-refractivity contribution < 1.29 is 14.3 Å². The third-order valence-corrected chi connectivity index (χ3v) is 1.81. The topological polar surface area (TPSA) is 67.4 Å². The minimum absolute atomic E-state index is 0.354. The molecular formula is C10H20N2O3. The second kappa shape index (κ2) is 8.23. The van der Waals surface area contributed by atoms with Gasteiger partial charge in [-0.25, -0.2) is 0 Å². The summed E-state index contributed by atoms with van der Waals surface area (Å²) in [6.07, 6.45) is 0.872. The van der Waals surface area contributed by atoms with Gasteiger partial charge in [0.25, 0.3) is 0 Å². The number of rotatable bonds is 6. The molecule has 0 heterocycles. The van der Waals surface area contributed by atoms with Crippen molar-refractivity contribution in [2.45, 2.75) is 20.3 Å². The molecule has 0 aromatic carbocycles. The fourth-order valence-electron chi connectivity index (χ4n) is 0.902. The molecule has 0 rings (SSSR count). The molecule has 0 aromatic rings. The minimum atomic E-state index is -0.601. The molecule has 0 saturated heterocycles. The number of carbonyl (C=O) groups is 2. The van der Waals surface area contributed by atoms with E-state index in [2.05, 4.69) is 24.5 Å². The molecule has 0 fully saturated rings. The highest BCUT2D eigenvalue weighted by atomic mass is 16.5. The lowest BCUT2D eigenvalue weighted by atomic mass is 10.1. The molecule has 0 spiro atoms. The maximum atomic E-state index is 11.2. The van der Waals surface area contributed by atoms with Gasteiger partial charge in [0, 0.05) is 20.2 Å². The van der Waals surface area contributed by atoms with Crippen molar-refractivity contribution in [3.8, 4) is 0 Å². The van der Waals surface area contributed by atoms with E-state index in [1.807, 2.05) is 0 Å². The van der Waals surface area contributed by atoms with Gasteiger partial charge in [-0.1, -0.05) is 13.8 Å². The first-order valence-electron chi connectivity index (χ1n) is 5.13. The summed E-state index contributed by atoms with van der Waals surface area (Å²) in [5.41, 5.74) is 0. The lowest BCUT2D eigenvalue weighted by molar-refractivity contribution is -0.139. The predicted molar refractivity (Wildman–Crippen MR) is 57.4 cm³/mol. The van der Waals surface area contributed by atoms with Crippen molar-refractivity contribution in [2.75, 3.05) is 26.8 Å². The van der Waals surface area contributed by atoms with Crippen molar-refractivity contribution in [1.82, 2.24) is 10.6 Å². The Hall–Kier alpha value is -1.10. The van der Waals surface area contributed by atoms with Gasteiger partial charge in [-0.15, -0.1) is 0 Å². The van der Waals surface area contributed by atoms with Crippen LogP contribution < -0.4 is 10.6 Å². The second-order valence-electron chi connectivity index (χ2n) is 3.69. The predicted octanol–water partition coefficient (Wildman–Crippen LogP) is -0.0887. The number of amides is 2. The van der Waals surface area contributed by atoms with Gasteiger partial charge in [0.05, 0.1) is 6.61 Å². The quantitative estimate of drug-likeness (QED) is 0.482. The van der Waals surface area contributed by atoms with Crippen LogP contribution in [0.5, 0.6) is 0 Å². The van der Waals surface area contributed by atoms with Crippen LogP contribution in [0.25, 0.3) is 0 Å². The Morgan fingerprint density at radius 1 is 1.13 bits per heavy atom. The van der Waals surface area contributed by atoms with Gasteiger partial charge in [0.15, 0.2) is 0 Å². The van der Waals surface area contributed by atoms with Gasteiger partial charge in [-0.05, 0) is 12.3 Å². The molecule has 0 unspecified atom stereocenters. The Morgan fingerprint density at radius 2 is 1.67 bits per heavy atom. The fraction of sp³-hybridized carbons (Fsp3) is 0.800. The van der Waals surface area contributed by atoms with E-state index in [4.69, 9.17) is 4.74 Å². The summed E-state index contributed by atoms with van der Waals surface area (Å²) < 4.78 is 4.74. The molecule has 2 N–H and O–H groups in total. The number of ether oxygens (including phenoxy) is 1. The largest absolute Gasteiger partial charge is 0.383 e. The van der Waals surface area contributed by atoms with E-state index in [-0.39, 0.29) is 0 Å². The lowest BCUT2D eigenvalue weighted by Crippen LogP contribution is -2.41. The molecule has 2 amide bonds. The zero-order valence-corrected chi connectivity index (χ0v) is 9.63. The maximum absolute atomic E-state index is 11.2. The second-order valence-corrected chi connectivity index (χ2v) is 3.69. The molecule has 88 valence electrons. The first kappa shape index (κ1) is 13.9. The van der Waals surface area contributed by atoms with Crippen LogP contribution in [0.2, 0.25) is 0 Å². The number of hydrogen-bond acceptors (Lipinski definition) is 3. The maximum Gasteiger partial charge on any atom is 0.309 e. The average Bonchev–Trinajstić information content (AvgIpc) is 2.17. The third-order valence-electron chi connectivity index (χ3n) is 1.81. The molecule has 15 heavy (non-hydrogen) atoms. The molecule has 0 aromatic heterocycles. The van der Waals surface area contributed by atoms with E-state index in [1.165, 1.54) is 7.11 Å². The monoisotopic (exact) mass is 216 g/mol. The highest BCUT2D eigenvalue weighted by Gasteiger charge is 2.11. The van der Waals surface area contributed by atoms with Gasteiger partial charge in [0.1, 0.15) is 0 Å². The number of hydrogen-bond donors (Lipinski definition) is 2. The minimum Gasteiger partial charge on any atom is -0.383 e. The number of carbonyl (C=O) groups excluding carboxylic acids is 2. The summed E-state index contributed by atoms with van der Waals surface area (Å²) in [5.74, 6) is -0.663. The summed E-state index contributed by atoms with van der Waals surface area (Å²) in [5, 5.41) is 4.99. The molecule has 5 nitrogen and oxygen atoms in total. The highest BCUT2D eigenvalue weighted by molar-refractivity contribution is 6.35. The van der Waals surface area contributed by atoms with Crippen LogP contribution in [0.1, 0.15) is 20.3 Å². The third kappa shape index (κ3) is 7.93. The van der Waals surface area contributed by atoms with E-state index in [1.54, 1.807) is 0 Å². The van der Waals surface area contributed by atoms with Crippen LogP contribution in [0, 0.1) is 5.92 Å². The summed E-state index contributed by atoms with van der Waals surface area (Å²) in [6.45, 7) is 5.42. The van der Waals surface area contributed by atoms with Gasteiger partial charge in [-0.2, -0.15) is 0 Å². The standard InChI is InChI=1S/C10H20N2O3/c1-8(2)4-5-11-9(13)10(14)12-6-7-15-3/h8H,4-7H2,1-3H3,(H,11,13)(H,12,14). The van der Waals surface area contributed by atoms with Crippen LogP contribution in [0.4, 0.5) is 0 Å². The molecule has 0 atom stereocenters. The van der Waals surface area contributed by atoms with E-state index in [9.17, 15) is 9.59 Å². The van der Waals surface area contributed by atoms with Crippen LogP contribution in [-0.2, 0) is 14.3 Å². The first-order chi connectivity index (χ1) is 7.07. The summed E-state index contributed by atoms with van der Waals surface area (Å²) >= 11 is 0. The molecule has 0 aliphatic carbocycles. The molecule has 0 radical (unpaired) electrons. The van der Waals surface area contributed by atoms with Gasteiger partial charge in [0.2, 0.25) is 0 Å². The van der Waals surface area contributed by atoms with Crippen molar-refractivity contribution in [3.05, 3.63) is 0 Å². The first-order valence-corrected chi connectivity index (χ1v) is 5.13. The molecule has 0 aliphatic rings. The zero-order valence-electron chi connectivity index (χ0n) is 9.63. The Balaban J connectivity index is 3.56. The summed E-state index contributed by atoms with van der Waals surface area (Å²) in [4.78, 5) is 22.3. The van der Waals surface area contributed by atoms with Crippen molar-refractivity contribution in [3.63, 3.8) is 0 Å². The Morgan fingerprint density at radius 3 is 2.13 bits per heavy atom. The van der Waals surface area contributed by atoms with Crippen molar-refractivity contribution in [2.24, 2.45) is 5.92 Å². The summed E-state index contributed by atoms with van der Waals surface area (Å²) in [6, 6.07) is 0. The van der Waals surface area contributed by atoms with Crippen LogP contribution in [0.3, 0.4) is 0 Å².